The minimum atomic E-state index is -0.599. The number of hydrogen-bond acceptors (Lipinski definition) is 4. The highest BCUT2D eigenvalue weighted by Gasteiger charge is 2.36. The molecule has 4 atom stereocenters. The largest absolute Gasteiger partial charge is 0.459 e. The van der Waals surface area contributed by atoms with Crippen molar-refractivity contribution in [2.75, 3.05) is 0 Å². The summed E-state index contributed by atoms with van der Waals surface area (Å²) in [6.45, 7) is 4.37. The summed E-state index contributed by atoms with van der Waals surface area (Å²) in [7, 11) is 0. The molecule has 4 heteroatoms. The van der Waals surface area contributed by atoms with Crippen molar-refractivity contribution >= 4 is 11.7 Å². The number of carbonyl (C=O) groups is 1. The summed E-state index contributed by atoms with van der Waals surface area (Å²) >= 11 is 0. The number of benzene rings is 3. The Hall–Kier alpha value is -3.24. The van der Waals surface area contributed by atoms with Crippen LogP contribution in [0.15, 0.2) is 96.0 Å². The number of hydrogen-bond donors (Lipinski definition) is 0. The van der Waals surface area contributed by atoms with E-state index in [1.807, 2.05) is 91.0 Å². The molecule has 0 N–H and O–H groups in total. The summed E-state index contributed by atoms with van der Waals surface area (Å²) in [4.78, 5) is 18.6. The number of aliphatic imine (C=N–C) groups is 1. The van der Waals surface area contributed by atoms with Crippen LogP contribution in [0.4, 0.5) is 0 Å². The topological polar surface area (TPSA) is 47.9 Å². The van der Waals surface area contributed by atoms with Crippen LogP contribution in [0.2, 0.25) is 0 Å². The van der Waals surface area contributed by atoms with E-state index >= 15 is 0 Å². The fraction of sp³-hybridized carbons (Fsp3) is 0.310. The van der Waals surface area contributed by atoms with E-state index in [4.69, 9.17) is 14.5 Å². The molecule has 1 unspecified atom stereocenters. The Labute approximate surface area is 196 Å². The molecule has 3 aromatic carbocycles. The third-order valence-corrected chi connectivity index (χ3v) is 6.01. The molecule has 0 amide bonds. The average molecular weight is 442 g/mol. The third kappa shape index (κ3) is 6.17. The average Bonchev–Trinajstić information content (AvgIpc) is 2.84. The number of esters is 1. The van der Waals surface area contributed by atoms with Crippen LogP contribution >= 0.6 is 0 Å². The summed E-state index contributed by atoms with van der Waals surface area (Å²) in [6, 6.07) is 29.3. The van der Waals surface area contributed by atoms with E-state index < -0.39 is 6.04 Å². The normalized spacial score (nSPS) is 21.1. The summed E-state index contributed by atoms with van der Waals surface area (Å²) in [5.74, 6) is -0.232. The molecule has 1 aliphatic rings. The molecule has 33 heavy (non-hydrogen) atoms. The van der Waals surface area contributed by atoms with Gasteiger partial charge in [-0.25, -0.2) is 4.79 Å². The monoisotopic (exact) mass is 441 g/mol. The van der Waals surface area contributed by atoms with E-state index in [-0.39, 0.29) is 30.7 Å². The lowest BCUT2D eigenvalue weighted by molar-refractivity contribution is -0.150. The molecule has 170 valence electrons. The molecule has 4 nitrogen and oxygen atoms in total. The second kappa shape index (κ2) is 11.1. The summed E-state index contributed by atoms with van der Waals surface area (Å²) in [5, 5.41) is 0. The highest BCUT2D eigenvalue weighted by atomic mass is 16.5. The zero-order valence-electron chi connectivity index (χ0n) is 19.3. The lowest BCUT2D eigenvalue weighted by Gasteiger charge is -2.34. The van der Waals surface area contributed by atoms with Crippen molar-refractivity contribution in [2.24, 2.45) is 10.9 Å². The van der Waals surface area contributed by atoms with Gasteiger partial charge < -0.3 is 9.47 Å². The van der Waals surface area contributed by atoms with Crippen LogP contribution in [0.3, 0.4) is 0 Å². The van der Waals surface area contributed by atoms with Crippen LogP contribution in [-0.2, 0) is 20.9 Å². The predicted octanol–water partition coefficient (Wildman–Crippen LogP) is 5.84. The van der Waals surface area contributed by atoms with Gasteiger partial charge in [0.15, 0.2) is 6.04 Å². The summed E-state index contributed by atoms with van der Waals surface area (Å²) < 4.78 is 11.7. The minimum absolute atomic E-state index is 0.0504. The maximum absolute atomic E-state index is 13.5. The quantitative estimate of drug-likeness (QED) is 0.342. The smallest absolute Gasteiger partial charge is 0.331 e. The summed E-state index contributed by atoms with van der Waals surface area (Å²) in [6.07, 6.45) is 1.71. The Morgan fingerprint density at radius 3 is 1.85 bits per heavy atom. The van der Waals surface area contributed by atoms with Gasteiger partial charge in [-0.05, 0) is 38.2 Å². The van der Waals surface area contributed by atoms with E-state index in [1.165, 1.54) is 0 Å². The van der Waals surface area contributed by atoms with Crippen LogP contribution in [-0.4, -0.2) is 29.9 Å². The number of carbonyl (C=O) groups excluding carboxylic acids is 1. The van der Waals surface area contributed by atoms with Crippen molar-refractivity contribution in [1.82, 2.24) is 0 Å². The Balaban J connectivity index is 1.70. The van der Waals surface area contributed by atoms with E-state index in [2.05, 4.69) is 13.8 Å². The zero-order valence-corrected chi connectivity index (χ0v) is 19.3. The molecule has 1 saturated heterocycles. The van der Waals surface area contributed by atoms with E-state index in [0.29, 0.717) is 0 Å². The second-order valence-corrected chi connectivity index (χ2v) is 8.74. The maximum Gasteiger partial charge on any atom is 0.331 e. The molecule has 3 aromatic rings. The van der Waals surface area contributed by atoms with Crippen molar-refractivity contribution in [3.63, 3.8) is 0 Å². The molecule has 4 rings (SSSR count). The van der Waals surface area contributed by atoms with Crippen molar-refractivity contribution in [1.29, 1.82) is 0 Å². The Bertz CT molecular complexity index is 998. The Morgan fingerprint density at radius 2 is 1.33 bits per heavy atom. The van der Waals surface area contributed by atoms with Crippen LogP contribution in [0.5, 0.6) is 0 Å². The first-order valence-corrected chi connectivity index (χ1v) is 11.6. The molecule has 1 fully saturated rings. The molecule has 0 aromatic heterocycles. The van der Waals surface area contributed by atoms with E-state index in [1.54, 1.807) is 0 Å². The molecular weight excluding hydrogens is 410 g/mol. The maximum atomic E-state index is 13.5. The van der Waals surface area contributed by atoms with E-state index in [0.717, 1.165) is 35.2 Å². The molecule has 1 heterocycles. The second-order valence-electron chi connectivity index (χ2n) is 8.74. The SMILES string of the molecule is C[C@@H]1C[C@@H](C(N=C(c2ccccc2)c2ccccc2)C(=O)OCc2ccccc2)C[C@H](C)O1. The van der Waals surface area contributed by atoms with Crippen LogP contribution in [0.1, 0.15) is 43.4 Å². The van der Waals surface area contributed by atoms with Crippen LogP contribution in [0.25, 0.3) is 0 Å². The minimum Gasteiger partial charge on any atom is -0.459 e. The molecule has 0 radical (unpaired) electrons. The fourth-order valence-corrected chi connectivity index (χ4v) is 4.53. The lowest BCUT2D eigenvalue weighted by Crippen LogP contribution is -2.39. The summed E-state index contributed by atoms with van der Waals surface area (Å²) in [5.41, 5.74) is 3.74. The standard InChI is InChI=1S/C29H31NO3/c1-21-18-26(19-22(2)33-21)28(29(31)32-20-23-12-6-3-7-13-23)30-27(24-14-8-4-9-15-24)25-16-10-5-11-17-25/h3-17,21-22,26,28H,18-20H2,1-2H3/t21-,22+,26-,28?. The Kier molecular flexibility index (Phi) is 7.69. The molecule has 0 spiro atoms. The van der Waals surface area contributed by atoms with Gasteiger partial charge in [-0.15, -0.1) is 0 Å². The molecule has 0 bridgehead atoms. The molecular formula is C29H31NO3. The van der Waals surface area contributed by atoms with Crippen LogP contribution < -0.4 is 0 Å². The first kappa shape index (κ1) is 22.9. The predicted molar refractivity (Wildman–Crippen MR) is 131 cm³/mol. The number of ether oxygens (including phenoxy) is 2. The van der Waals surface area contributed by atoms with Gasteiger partial charge in [0.2, 0.25) is 0 Å². The zero-order chi connectivity index (χ0) is 23.0. The van der Waals surface area contributed by atoms with Gasteiger partial charge in [-0.1, -0.05) is 91.0 Å². The van der Waals surface area contributed by atoms with Crippen molar-refractivity contribution in [2.45, 2.75) is 51.5 Å². The van der Waals surface area contributed by atoms with Crippen LogP contribution in [0, 0.1) is 5.92 Å². The van der Waals surface area contributed by atoms with Gasteiger partial charge in [0.1, 0.15) is 6.61 Å². The third-order valence-electron chi connectivity index (χ3n) is 6.01. The highest BCUT2D eigenvalue weighted by molar-refractivity contribution is 6.13. The van der Waals surface area contributed by atoms with E-state index in [9.17, 15) is 4.79 Å². The van der Waals surface area contributed by atoms with Crippen molar-refractivity contribution in [3.8, 4) is 0 Å². The molecule has 0 saturated carbocycles. The first-order chi connectivity index (χ1) is 16.1. The number of rotatable bonds is 7. The molecule has 1 aliphatic heterocycles. The Morgan fingerprint density at radius 1 is 0.848 bits per heavy atom. The van der Waals surface area contributed by atoms with Gasteiger partial charge in [-0.3, -0.25) is 4.99 Å². The van der Waals surface area contributed by atoms with Gasteiger partial charge in [0.25, 0.3) is 0 Å². The van der Waals surface area contributed by atoms with Crippen molar-refractivity contribution < 1.29 is 14.3 Å². The van der Waals surface area contributed by atoms with Gasteiger partial charge >= 0.3 is 5.97 Å². The van der Waals surface area contributed by atoms with Gasteiger partial charge in [0, 0.05) is 11.1 Å². The highest BCUT2D eigenvalue weighted by Crippen LogP contribution is 2.30. The van der Waals surface area contributed by atoms with Crippen molar-refractivity contribution in [3.05, 3.63) is 108 Å². The fourth-order valence-electron chi connectivity index (χ4n) is 4.53. The van der Waals surface area contributed by atoms with Gasteiger partial charge in [-0.2, -0.15) is 0 Å². The van der Waals surface area contributed by atoms with Gasteiger partial charge in [0.05, 0.1) is 17.9 Å². The first-order valence-electron chi connectivity index (χ1n) is 11.6. The molecule has 0 aliphatic carbocycles. The number of nitrogens with zero attached hydrogens (tertiary/aromatic N) is 1. The lowest BCUT2D eigenvalue weighted by atomic mass is 9.86.